The van der Waals surface area contributed by atoms with Crippen molar-refractivity contribution in [2.24, 2.45) is 35.5 Å². The molecule has 0 radical (unpaired) electrons. The van der Waals surface area contributed by atoms with E-state index >= 15 is 0 Å². The molecule has 4 heteroatoms. The quantitative estimate of drug-likeness (QED) is 0.687. The third-order valence-electron chi connectivity index (χ3n) is 10.5. The number of carboxylic acid groups (broad SMARTS) is 2. The topological polar surface area (TPSA) is 74.6 Å². The van der Waals surface area contributed by atoms with Crippen LogP contribution in [0.3, 0.4) is 0 Å². The lowest BCUT2D eigenvalue weighted by Crippen LogP contribution is -2.69. The normalized spacial score (nSPS) is 42.4. The minimum Gasteiger partial charge on any atom is -0.478 e. The van der Waals surface area contributed by atoms with Crippen LogP contribution in [0.4, 0.5) is 0 Å². The minimum absolute atomic E-state index is 0.251. The van der Waals surface area contributed by atoms with Gasteiger partial charge in [-0.25, -0.2) is 9.59 Å². The van der Waals surface area contributed by atoms with Crippen LogP contribution >= 0.6 is 0 Å². The molecule has 7 aliphatic carbocycles. The Morgan fingerprint density at radius 1 is 0.531 bits per heavy atom. The summed E-state index contributed by atoms with van der Waals surface area (Å²) in [4.78, 5) is 22.6. The van der Waals surface area contributed by atoms with E-state index in [1.165, 1.54) is 49.7 Å². The van der Waals surface area contributed by atoms with Crippen LogP contribution in [0.2, 0.25) is 0 Å². The number of hydrogen-bond acceptors (Lipinski definition) is 2. The van der Waals surface area contributed by atoms with Gasteiger partial charge < -0.3 is 10.2 Å². The lowest BCUT2D eigenvalue weighted by atomic mass is 9.29. The molecule has 2 N–H and O–H groups in total. The fourth-order valence-corrected chi connectivity index (χ4v) is 9.57. The Labute approximate surface area is 187 Å². The van der Waals surface area contributed by atoms with Gasteiger partial charge in [0.15, 0.2) is 0 Å². The van der Waals surface area contributed by atoms with Gasteiger partial charge in [0.2, 0.25) is 0 Å². The molecule has 7 aliphatic rings. The fourth-order valence-electron chi connectivity index (χ4n) is 9.57. The Bertz CT molecular complexity index is 974. The van der Waals surface area contributed by atoms with E-state index in [0.29, 0.717) is 11.1 Å². The second kappa shape index (κ2) is 6.03. The van der Waals surface area contributed by atoms with Crippen molar-refractivity contribution in [2.75, 3.05) is 0 Å². The molecule has 0 heterocycles. The second-order valence-electron chi connectivity index (χ2n) is 11.5. The molecule has 4 nitrogen and oxygen atoms in total. The summed E-state index contributed by atoms with van der Waals surface area (Å²) in [7, 11) is 0. The molecule has 0 aliphatic heterocycles. The van der Waals surface area contributed by atoms with Crippen LogP contribution in [0.25, 0.3) is 0 Å². The van der Waals surface area contributed by atoms with E-state index in [4.69, 9.17) is 0 Å². The van der Waals surface area contributed by atoms with Gasteiger partial charge in [0, 0.05) is 0 Å². The predicted molar refractivity (Wildman–Crippen MR) is 119 cm³/mol. The maximum Gasteiger partial charge on any atom is 0.335 e. The van der Waals surface area contributed by atoms with Gasteiger partial charge in [-0.05, 0) is 120 Å². The number of hydrogen-bond donors (Lipinski definition) is 2. The first-order chi connectivity index (χ1) is 15.4. The molecule has 0 aromatic heterocycles. The largest absolute Gasteiger partial charge is 0.478 e. The summed E-state index contributed by atoms with van der Waals surface area (Å²) >= 11 is 0. The average Bonchev–Trinajstić information content (AvgIpc) is 2.82. The standard InChI is InChI=1S/C28H28O4/c29-25(30)15-1-5-17(6-2-15)27-9-19-22-12-28(18-7-3-16(4-8-18)26(31)32)13-23(19)21(11-27)24(14-28)20(22)10-27/h1-8,19-24H,9-14H2,(H,29,30)(H,31,32). The van der Waals surface area contributed by atoms with Crippen molar-refractivity contribution in [1.82, 2.24) is 0 Å². The summed E-state index contributed by atoms with van der Waals surface area (Å²) in [6.07, 6.45) is 7.60. The highest BCUT2D eigenvalue weighted by Crippen LogP contribution is 2.77. The first kappa shape index (κ1) is 18.9. The minimum atomic E-state index is -0.848. The van der Waals surface area contributed by atoms with Crippen LogP contribution in [-0.4, -0.2) is 22.2 Å². The van der Waals surface area contributed by atoms with E-state index in [9.17, 15) is 19.8 Å². The van der Waals surface area contributed by atoms with Crippen molar-refractivity contribution in [2.45, 2.75) is 49.4 Å². The van der Waals surface area contributed by atoms with Crippen molar-refractivity contribution in [3.8, 4) is 0 Å². The smallest absolute Gasteiger partial charge is 0.335 e. The lowest BCUT2D eigenvalue weighted by Gasteiger charge is -2.75. The number of benzene rings is 2. The molecular formula is C28H28O4. The first-order valence-electron chi connectivity index (χ1n) is 12.1. The number of aromatic carboxylic acids is 2. The molecular weight excluding hydrogens is 400 g/mol. The molecule has 0 atom stereocenters. The Hall–Kier alpha value is -2.62. The van der Waals surface area contributed by atoms with Gasteiger partial charge in [0.1, 0.15) is 0 Å². The van der Waals surface area contributed by atoms with E-state index in [-0.39, 0.29) is 10.8 Å². The highest BCUT2D eigenvalue weighted by Gasteiger charge is 2.70. The molecule has 2 aromatic rings. The van der Waals surface area contributed by atoms with Crippen molar-refractivity contribution >= 4 is 11.9 Å². The van der Waals surface area contributed by atoms with E-state index in [1.807, 2.05) is 0 Å². The van der Waals surface area contributed by atoms with E-state index in [2.05, 4.69) is 24.3 Å². The van der Waals surface area contributed by atoms with Crippen molar-refractivity contribution < 1.29 is 19.8 Å². The van der Waals surface area contributed by atoms with Crippen LogP contribution in [0.15, 0.2) is 48.5 Å². The van der Waals surface area contributed by atoms with Crippen molar-refractivity contribution in [3.05, 3.63) is 70.8 Å². The van der Waals surface area contributed by atoms with Crippen LogP contribution in [0, 0.1) is 35.5 Å². The molecule has 164 valence electrons. The van der Waals surface area contributed by atoms with Gasteiger partial charge in [-0.1, -0.05) is 24.3 Å². The van der Waals surface area contributed by atoms with Crippen LogP contribution in [-0.2, 0) is 10.8 Å². The Morgan fingerprint density at radius 2 is 0.781 bits per heavy atom. The second-order valence-corrected chi connectivity index (χ2v) is 11.5. The van der Waals surface area contributed by atoms with Crippen molar-refractivity contribution in [3.63, 3.8) is 0 Å². The zero-order valence-electron chi connectivity index (χ0n) is 18.0. The zero-order chi connectivity index (χ0) is 21.8. The molecule has 7 saturated carbocycles. The molecule has 8 bridgehead atoms. The predicted octanol–water partition coefficient (Wildman–Crippen LogP) is 5.36. The maximum atomic E-state index is 11.3. The van der Waals surface area contributed by atoms with Gasteiger partial charge in [-0.3, -0.25) is 0 Å². The van der Waals surface area contributed by atoms with Crippen LogP contribution < -0.4 is 0 Å². The molecule has 9 rings (SSSR count). The molecule has 0 amide bonds. The lowest BCUT2D eigenvalue weighted by molar-refractivity contribution is -0.221. The number of carbonyl (C=O) groups is 2. The maximum absolute atomic E-state index is 11.3. The number of rotatable bonds is 4. The van der Waals surface area contributed by atoms with Gasteiger partial charge in [0.25, 0.3) is 0 Å². The van der Waals surface area contributed by atoms with Gasteiger partial charge in [-0.2, -0.15) is 0 Å². The Balaban J connectivity index is 1.22. The number of carboxylic acids is 2. The molecule has 0 saturated heterocycles. The summed E-state index contributed by atoms with van der Waals surface area (Å²) in [6.45, 7) is 0. The summed E-state index contributed by atoms with van der Waals surface area (Å²) in [5.41, 5.74) is 4.01. The Morgan fingerprint density at radius 3 is 1.00 bits per heavy atom. The van der Waals surface area contributed by atoms with Gasteiger partial charge >= 0.3 is 11.9 Å². The summed E-state index contributed by atoms with van der Waals surface area (Å²) in [5, 5.41) is 18.6. The Kier molecular flexibility index (Phi) is 3.56. The van der Waals surface area contributed by atoms with E-state index in [1.54, 1.807) is 24.3 Å². The third kappa shape index (κ3) is 2.28. The highest BCUT2D eigenvalue weighted by molar-refractivity contribution is 5.88. The van der Waals surface area contributed by atoms with E-state index < -0.39 is 11.9 Å². The molecule has 32 heavy (non-hydrogen) atoms. The molecule has 0 unspecified atom stereocenters. The highest BCUT2D eigenvalue weighted by atomic mass is 16.4. The summed E-state index contributed by atoms with van der Waals surface area (Å²) in [5.74, 6) is 3.11. The fraction of sp³-hybridized carbons (Fsp3) is 0.500. The van der Waals surface area contributed by atoms with Crippen molar-refractivity contribution in [1.29, 1.82) is 0 Å². The molecule has 0 spiro atoms. The summed E-state index contributed by atoms with van der Waals surface area (Å²) < 4.78 is 0. The van der Waals surface area contributed by atoms with Crippen LogP contribution in [0.5, 0.6) is 0 Å². The summed E-state index contributed by atoms with van der Waals surface area (Å²) in [6, 6.07) is 15.6. The van der Waals surface area contributed by atoms with Gasteiger partial charge in [0.05, 0.1) is 11.1 Å². The SMILES string of the molecule is O=C(O)c1ccc(C23CC4C5CC6(c7ccc(C(=O)O)cc7)CC4C(C2)C(C6)C5C3)cc1. The average molecular weight is 429 g/mol. The van der Waals surface area contributed by atoms with Gasteiger partial charge in [-0.15, -0.1) is 0 Å². The van der Waals surface area contributed by atoms with E-state index in [0.717, 1.165) is 35.5 Å². The third-order valence-corrected chi connectivity index (χ3v) is 10.5. The first-order valence-corrected chi connectivity index (χ1v) is 12.1. The monoisotopic (exact) mass is 428 g/mol. The molecule has 7 fully saturated rings. The zero-order valence-corrected chi connectivity index (χ0v) is 18.0. The van der Waals surface area contributed by atoms with Crippen LogP contribution in [0.1, 0.15) is 70.4 Å². The molecule has 2 aromatic carbocycles.